The van der Waals surface area contributed by atoms with E-state index in [0.717, 1.165) is 11.3 Å². The Bertz CT molecular complexity index is 612. The summed E-state index contributed by atoms with van der Waals surface area (Å²) in [5.74, 6) is -0.135. The molecule has 0 aliphatic heterocycles. The molecule has 0 bridgehead atoms. The summed E-state index contributed by atoms with van der Waals surface area (Å²) in [7, 11) is 0. The maximum Gasteiger partial charge on any atom is 0.243 e. The van der Waals surface area contributed by atoms with E-state index in [2.05, 4.69) is 10.6 Å². The van der Waals surface area contributed by atoms with Crippen molar-refractivity contribution in [3.8, 4) is 0 Å². The Morgan fingerprint density at radius 2 is 1.70 bits per heavy atom. The minimum absolute atomic E-state index is 0.135. The van der Waals surface area contributed by atoms with Gasteiger partial charge in [0.2, 0.25) is 5.91 Å². The van der Waals surface area contributed by atoms with Crippen molar-refractivity contribution in [1.29, 1.82) is 0 Å². The van der Waals surface area contributed by atoms with E-state index in [4.69, 9.17) is 23.2 Å². The SMILES string of the molecule is Cc1ccc(NCC(=O)Nc2ccc(Cl)cc2)cc1Cl. The molecule has 3 nitrogen and oxygen atoms in total. The second-order valence-electron chi connectivity index (χ2n) is 4.37. The molecule has 2 rings (SSSR count). The Morgan fingerprint density at radius 3 is 2.35 bits per heavy atom. The molecule has 0 aromatic heterocycles. The molecule has 0 atom stereocenters. The molecule has 2 aromatic carbocycles. The third kappa shape index (κ3) is 4.15. The van der Waals surface area contributed by atoms with Crippen LogP contribution in [0.25, 0.3) is 0 Å². The first-order chi connectivity index (χ1) is 9.54. The van der Waals surface area contributed by atoms with Crippen LogP contribution in [0, 0.1) is 6.92 Å². The first-order valence-corrected chi connectivity index (χ1v) is 6.85. The first kappa shape index (κ1) is 14.7. The second-order valence-corrected chi connectivity index (χ2v) is 5.22. The van der Waals surface area contributed by atoms with Crippen molar-refractivity contribution in [2.75, 3.05) is 17.2 Å². The van der Waals surface area contributed by atoms with Crippen LogP contribution in [0.5, 0.6) is 0 Å². The summed E-state index contributed by atoms with van der Waals surface area (Å²) in [5, 5.41) is 7.10. The summed E-state index contributed by atoms with van der Waals surface area (Å²) < 4.78 is 0. The molecule has 20 heavy (non-hydrogen) atoms. The lowest BCUT2D eigenvalue weighted by atomic mass is 10.2. The van der Waals surface area contributed by atoms with E-state index in [9.17, 15) is 4.79 Å². The maximum atomic E-state index is 11.8. The summed E-state index contributed by atoms with van der Waals surface area (Å²) in [4.78, 5) is 11.8. The van der Waals surface area contributed by atoms with Crippen LogP contribution >= 0.6 is 23.2 Å². The van der Waals surface area contributed by atoms with Crippen molar-refractivity contribution in [2.45, 2.75) is 6.92 Å². The van der Waals surface area contributed by atoms with E-state index >= 15 is 0 Å². The van der Waals surface area contributed by atoms with Crippen LogP contribution in [0.4, 0.5) is 11.4 Å². The minimum Gasteiger partial charge on any atom is -0.376 e. The van der Waals surface area contributed by atoms with Gasteiger partial charge in [0.25, 0.3) is 0 Å². The smallest absolute Gasteiger partial charge is 0.243 e. The molecule has 0 unspecified atom stereocenters. The standard InChI is InChI=1S/C15H14Cl2N2O/c1-10-2-5-13(8-14(10)17)18-9-15(20)19-12-6-3-11(16)4-7-12/h2-8,18H,9H2,1H3,(H,19,20). The van der Waals surface area contributed by atoms with Crippen molar-refractivity contribution in [3.05, 3.63) is 58.1 Å². The van der Waals surface area contributed by atoms with Crippen LogP contribution in [0.15, 0.2) is 42.5 Å². The Hall–Kier alpha value is -1.71. The van der Waals surface area contributed by atoms with E-state index in [-0.39, 0.29) is 12.5 Å². The van der Waals surface area contributed by atoms with Crippen LogP contribution in [0.2, 0.25) is 10.0 Å². The topological polar surface area (TPSA) is 41.1 Å². The highest BCUT2D eigenvalue weighted by Crippen LogP contribution is 2.19. The van der Waals surface area contributed by atoms with E-state index in [0.29, 0.717) is 15.7 Å². The molecule has 2 aromatic rings. The molecule has 0 saturated heterocycles. The number of hydrogen-bond donors (Lipinski definition) is 2. The largest absolute Gasteiger partial charge is 0.376 e. The van der Waals surface area contributed by atoms with Crippen LogP contribution in [0.3, 0.4) is 0 Å². The fraction of sp³-hybridized carbons (Fsp3) is 0.133. The average molecular weight is 309 g/mol. The number of aryl methyl sites for hydroxylation is 1. The van der Waals surface area contributed by atoms with Crippen molar-refractivity contribution in [3.63, 3.8) is 0 Å². The number of benzene rings is 2. The number of anilines is 2. The highest BCUT2D eigenvalue weighted by molar-refractivity contribution is 6.31. The number of rotatable bonds is 4. The summed E-state index contributed by atoms with van der Waals surface area (Å²) in [5.41, 5.74) is 2.53. The summed E-state index contributed by atoms with van der Waals surface area (Å²) >= 11 is 11.8. The molecule has 0 aliphatic carbocycles. The quantitative estimate of drug-likeness (QED) is 0.881. The predicted octanol–water partition coefficient (Wildman–Crippen LogP) is 4.35. The van der Waals surface area contributed by atoms with Crippen molar-refractivity contribution in [1.82, 2.24) is 0 Å². The molecule has 1 amide bonds. The molecule has 0 radical (unpaired) electrons. The van der Waals surface area contributed by atoms with Gasteiger partial charge in [-0.05, 0) is 48.9 Å². The van der Waals surface area contributed by atoms with Crippen molar-refractivity contribution < 1.29 is 4.79 Å². The average Bonchev–Trinajstić information content (AvgIpc) is 2.43. The monoisotopic (exact) mass is 308 g/mol. The van der Waals surface area contributed by atoms with Crippen LogP contribution in [0.1, 0.15) is 5.56 Å². The van der Waals surface area contributed by atoms with Gasteiger partial charge in [-0.1, -0.05) is 29.3 Å². The van der Waals surface area contributed by atoms with Gasteiger partial charge < -0.3 is 10.6 Å². The fourth-order valence-electron chi connectivity index (χ4n) is 1.62. The zero-order chi connectivity index (χ0) is 14.5. The lowest BCUT2D eigenvalue weighted by Gasteiger charge is -2.09. The van der Waals surface area contributed by atoms with Crippen molar-refractivity contribution in [2.24, 2.45) is 0 Å². The lowest BCUT2D eigenvalue weighted by molar-refractivity contribution is -0.114. The molecule has 0 saturated carbocycles. The highest BCUT2D eigenvalue weighted by Gasteiger charge is 2.03. The number of nitrogens with one attached hydrogen (secondary N) is 2. The predicted molar refractivity (Wildman–Crippen MR) is 84.8 cm³/mol. The lowest BCUT2D eigenvalue weighted by Crippen LogP contribution is -2.21. The van der Waals surface area contributed by atoms with Gasteiger partial charge in [-0.25, -0.2) is 0 Å². The van der Waals surface area contributed by atoms with Gasteiger partial charge in [-0.15, -0.1) is 0 Å². The highest BCUT2D eigenvalue weighted by atomic mass is 35.5. The molecule has 0 spiro atoms. The Morgan fingerprint density at radius 1 is 1.05 bits per heavy atom. The summed E-state index contributed by atoms with van der Waals surface area (Å²) in [6.45, 7) is 2.10. The minimum atomic E-state index is -0.135. The van der Waals surface area contributed by atoms with Crippen molar-refractivity contribution >= 4 is 40.5 Å². The Kier molecular flexibility index (Phi) is 4.88. The number of carbonyl (C=O) groups is 1. The normalized spacial score (nSPS) is 10.2. The zero-order valence-corrected chi connectivity index (χ0v) is 12.4. The van der Waals surface area contributed by atoms with Crippen LogP contribution in [-0.2, 0) is 4.79 Å². The second kappa shape index (κ2) is 6.64. The fourth-order valence-corrected chi connectivity index (χ4v) is 1.93. The molecule has 0 aliphatic rings. The first-order valence-electron chi connectivity index (χ1n) is 6.10. The maximum absolute atomic E-state index is 11.8. The number of amides is 1. The van der Waals surface area contributed by atoms with Gasteiger partial charge in [0.1, 0.15) is 0 Å². The number of halogens is 2. The van der Waals surface area contributed by atoms with Crippen LogP contribution in [-0.4, -0.2) is 12.5 Å². The van der Waals surface area contributed by atoms with E-state index in [1.54, 1.807) is 30.3 Å². The van der Waals surface area contributed by atoms with Gasteiger partial charge >= 0.3 is 0 Å². The van der Waals surface area contributed by atoms with Gasteiger partial charge in [0.05, 0.1) is 6.54 Å². The molecule has 0 heterocycles. The van der Waals surface area contributed by atoms with Gasteiger partial charge in [0, 0.05) is 21.4 Å². The molecular weight excluding hydrogens is 295 g/mol. The Labute approximate surface area is 127 Å². The third-order valence-corrected chi connectivity index (χ3v) is 3.41. The third-order valence-electron chi connectivity index (χ3n) is 2.75. The summed E-state index contributed by atoms with van der Waals surface area (Å²) in [6.07, 6.45) is 0. The van der Waals surface area contributed by atoms with Gasteiger partial charge in [-0.3, -0.25) is 4.79 Å². The summed E-state index contributed by atoms with van der Waals surface area (Å²) in [6, 6.07) is 12.5. The Balaban J connectivity index is 1.88. The molecule has 2 N–H and O–H groups in total. The van der Waals surface area contributed by atoms with Crippen LogP contribution < -0.4 is 10.6 Å². The zero-order valence-electron chi connectivity index (χ0n) is 10.9. The van der Waals surface area contributed by atoms with E-state index in [1.165, 1.54) is 0 Å². The molecule has 5 heteroatoms. The van der Waals surface area contributed by atoms with Gasteiger partial charge in [-0.2, -0.15) is 0 Å². The van der Waals surface area contributed by atoms with E-state index in [1.807, 2.05) is 19.1 Å². The molecule has 0 fully saturated rings. The number of carbonyl (C=O) groups excluding carboxylic acids is 1. The molecular formula is C15H14Cl2N2O. The number of hydrogen-bond acceptors (Lipinski definition) is 2. The van der Waals surface area contributed by atoms with Gasteiger partial charge in [0.15, 0.2) is 0 Å². The van der Waals surface area contributed by atoms with E-state index < -0.39 is 0 Å². The molecule has 104 valence electrons.